The summed E-state index contributed by atoms with van der Waals surface area (Å²) in [5, 5.41) is 3.50. The standard InChI is InChI=1S/C11H14N4O2/c1-4-17-11(16)9-6-5-8(13-14-12)7-10(9)15(2)3/h5-7H,4H2,1-3H3. The molecule has 6 nitrogen and oxygen atoms in total. The SMILES string of the molecule is CCOC(=O)c1ccc(N=[N+]=[N-])cc1N(C)C. The fraction of sp³-hybridized carbons (Fsp3) is 0.364. The number of hydrogen-bond donors (Lipinski definition) is 0. The van der Waals surface area contributed by atoms with Crippen LogP contribution in [0.25, 0.3) is 10.4 Å². The molecule has 0 unspecified atom stereocenters. The predicted octanol–water partition coefficient (Wildman–Crippen LogP) is 2.87. The second-order valence-electron chi connectivity index (χ2n) is 3.51. The van der Waals surface area contributed by atoms with Crippen LogP contribution < -0.4 is 4.90 Å². The number of azide groups is 1. The van der Waals surface area contributed by atoms with Crippen molar-refractivity contribution in [1.29, 1.82) is 0 Å². The summed E-state index contributed by atoms with van der Waals surface area (Å²) in [4.78, 5) is 16.2. The van der Waals surface area contributed by atoms with Gasteiger partial charge in [0, 0.05) is 24.7 Å². The lowest BCUT2D eigenvalue weighted by molar-refractivity contribution is 0.0527. The van der Waals surface area contributed by atoms with E-state index in [0.29, 0.717) is 23.5 Å². The van der Waals surface area contributed by atoms with Crippen molar-refractivity contribution in [3.8, 4) is 0 Å². The van der Waals surface area contributed by atoms with Crippen LogP contribution >= 0.6 is 0 Å². The molecule has 17 heavy (non-hydrogen) atoms. The number of nitrogens with zero attached hydrogens (tertiary/aromatic N) is 4. The molecule has 1 aromatic rings. The summed E-state index contributed by atoms with van der Waals surface area (Å²) in [7, 11) is 3.61. The first-order valence-electron chi connectivity index (χ1n) is 5.13. The van der Waals surface area contributed by atoms with E-state index in [4.69, 9.17) is 10.3 Å². The maximum atomic E-state index is 11.7. The first-order chi connectivity index (χ1) is 8.10. The van der Waals surface area contributed by atoms with Crippen LogP contribution in [-0.2, 0) is 4.74 Å². The molecule has 90 valence electrons. The predicted molar refractivity (Wildman–Crippen MR) is 65.5 cm³/mol. The van der Waals surface area contributed by atoms with Crippen LogP contribution in [0.1, 0.15) is 17.3 Å². The molecule has 6 heteroatoms. The van der Waals surface area contributed by atoms with Crippen LogP contribution in [0.15, 0.2) is 23.3 Å². The Morgan fingerprint density at radius 2 is 2.24 bits per heavy atom. The molecule has 1 aromatic carbocycles. The van der Waals surface area contributed by atoms with Crippen LogP contribution in [0.5, 0.6) is 0 Å². The second-order valence-corrected chi connectivity index (χ2v) is 3.51. The van der Waals surface area contributed by atoms with E-state index in [-0.39, 0.29) is 5.97 Å². The fourth-order valence-corrected chi connectivity index (χ4v) is 1.39. The maximum Gasteiger partial charge on any atom is 0.340 e. The summed E-state index contributed by atoms with van der Waals surface area (Å²) in [6.07, 6.45) is 0. The molecule has 0 atom stereocenters. The number of hydrogen-bond acceptors (Lipinski definition) is 4. The van der Waals surface area contributed by atoms with Crippen LogP contribution in [-0.4, -0.2) is 26.7 Å². The van der Waals surface area contributed by atoms with Crippen LogP contribution in [0.2, 0.25) is 0 Å². The van der Waals surface area contributed by atoms with Gasteiger partial charge in [0.1, 0.15) is 0 Å². The van der Waals surface area contributed by atoms with Crippen molar-refractivity contribution >= 4 is 17.3 Å². The molecule has 0 aliphatic heterocycles. The van der Waals surface area contributed by atoms with Gasteiger partial charge in [-0.2, -0.15) is 0 Å². The minimum absolute atomic E-state index is 0.323. The summed E-state index contributed by atoms with van der Waals surface area (Å²) >= 11 is 0. The lowest BCUT2D eigenvalue weighted by atomic mass is 10.1. The third-order valence-electron chi connectivity index (χ3n) is 2.12. The minimum Gasteiger partial charge on any atom is -0.462 e. The highest BCUT2D eigenvalue weighted by Gasteiger charge is 2.14. The van der Waals surface area contributed by atoms with Gasteiger partial charge in [0.05, 0.1) is 17.9 Å². The summed E-state index contributed by atoms with van der Waals surface area (Å²) in [5.41, 5.74) is 9.94. The lowest BCUT2D eigenvalue weighted by Gasteiger charge is -2.17. The van der Waals surface area contributed by atoms with Crippen molar-refractivity contribution in [2.24, 2.45) is 5.11 Å². The van der Waals surface area contributed by atoms with Crippen molar-refractivity contribution in [1.82, 2.24) is 0 Å². The van der Waals surface area contributed by atoms with E-state index in [9.17, 15) is 4.79 Å². The zero-order valence-electron chi connectivity index (χ0n) is 10.0. The topological polar surface area (TPSA) is 78.3 Å². The first kappa shape index (κ1) is 12.9. The Hall–Kier alpha value is -2.20. The molecule has 0 N–H and O–H groups in total. The lowest BCUT2D eigenvalue weighted by Crippen LogP contribution is -2.15. The van der Waals surface area contributed by atoms with Crippen molar-refractivity contribution in [3.05, 3.63) is 34.2 Å². The summed E-state index contributed by atoms with van der Waals surface area (Å²) < 4.78 is 4.95. The van der Waals surface area contributed by atoms with Gasteiger partial charge in [-0.3, -0.25) is 0 Å². The number of ether oxygens (including phenoxy) is 1. The molecule has 0 bridgehead atoms. The quantitative estimate of drug-likeness (QED) is 0.348. The number of rotatable bonds is 4. The van der Waals surface area contributed by atoms with Crippen LogP contribution in [0, 0.1) is 0 Å². The number of carbonyl (C=O) groups is 1. The Kier molecular flexibility index (Phi) is 4.37. The van der Waals surface area contributed by atoms with E-state index < -0.39 is 0 Å². The van der Waals surface area contributed by atoms with Gasteiger partial charge in [-0.1, -0.05) is 11.2 Å². The molecular weight excluding hydrogens is 220 g/mol. The summed E-state index contributed by atoms with van der Waals surface area (Å²) in [6, 6.07) is 4.82. The molecule has 0 radical (unpaired) electrons. The van der Waals surface area contributed by atoms with Gasteiger partial charge in [-0.25, -0.2) is 4.79 Å². The molecule has 0 aromatic heterocycles. The molecule has 0 heterocycles. The van der Waals surface area contributed by atoms with Gasteiger partial charge in [0.2, 0.25) is 0 Å². The third-order valence-corrected chi connectivity index (χ3v) is 2.12. The second kappa shape index (κ2) is 5.77. The molecule has 0 fully saturated rings. The highest BCUT2D eigenvalue weighted by molar-refractivity contribution is 5.96. The van der Waals surface area contributed by atoms with Crippen molar-refractivity contribution in [2.75, 3.05) is 25.6 Å². The summed E-state index contributed by atoms with van der Waals surface area (Å²) in [5.74, 6) is -0.385. The highest BCUT2D eigenvalue weighted by Crippen LogP contribution is 2.25. The minimum atomic E-state index is -0.385. The fourth-order valence-electron chi connectivity index (χ4n) is 1.39. The molecule has 1 rings (SSSR count). The molecular formula is C11H14N4O2. The van der Waals surface area contributed by atoms with Crippen molar-refractivity contribution < 1.29 is 9.53 Å². The Bertz CT molecular complexity index is 465. The van der Waals surface area contributed by atoms with E-state index >= 15 is 0 Å². The first-order valence-corrected chi connectivity index (χ1v) is 5.13. The number of anilines is 1. The van der Waals surface area contributed by atoms with Gasteiger partial charge >= 0.3 is 5.97 Å². The normalized spacial score (nSPS) is 9.35. The van der Waals surface area contributed by atoms with Gasteiger partial charge in [0.25, 0.3) is 0 Å². The molecule has 0 amide bonds. The molecule has 0 saturated carbocycles. The van der Waals surface area contributed by atoms with E-state index in [0.717, 1.165) is 0 Å². The van der Waals surface area contributed by atoms with E-state index in [2.05, 4.69) is 10.0 Å². The largest absolute Gasteiger partial charge is 0.462 e. The Labute approximate surface area is 99.4 Å². The van der Waals surface area contributed by atoms with Crippen LogP contribution in [0.4, 0.5) is 11.4 Å². The maximum absolute atomic E-state index is 11.7. The summed E-state index contributed by atoms with van der Waals surface area (Å²) in [6.45, 7) is 2.07. The Morgan fingerprint density at radius 1 is 1.53 bits per heavy atom. The number of esters is 1. The van der Waals surface area contributed by atoms with Crippen LogP contribution in [0.3, 0.4) is 0 Å². The Morgan fingerprint density at radius 3 is 2.76 bits per heavy atom. The Balaban J connectivity index is 3.21. The third kappa shape index (κ3) is 3.12. The monoisotopic (exact) mass is 234 g/mol. The smallest absolute Gasteiger partial charge is 0.340 e. The van der Waals surface area contributed by atoms with Gasteiger partial charge in [-0.15, -0.1) is 0 Å². The molecule has 0 aliphatic rings. The average Bonchev–Trinajstić information content (AvgIpc) is 2.29. The zero-order chi connectivity index (χ0) is 12.8. The van der Waals surface area contributed by atoms with E-state index in [1.165, 1.54) is 0 Å². The number of carbonyl (C=O) groups excluding carboxylic acids is 1. The highest BCUT2D eigenvalue weighted by atomic mass is 16.5. The van der Waals surface area contributed by atoms with Gasteiger partial charge < -0.3 is 9.64 Å². The molecule has 0 spiro atoms. The van der Waals surface area contributed by atoms with E-state index in [1.54, 1.807) is 44.1 Å². The van der Waals surface area contributed by atoms with Gasteiger partial charge in [-0.05, 0) is 24.6 Å². The average molecular weight is 234 g/mol. The van der Waals surface area contributed by atoms with Crippen molar-refractivity contribution in [2.45, 2.75) is 6.92 Å². The van der Waals surface area contributed by atoms with Crippen molar-refractivity contribution in [3.63, 3.8) is 0 Å². The van der Waals surface area contributed by atoms with Gasteiger partial charge in [0.15, 0.2) is 0 Å². The molecule has 0 aliphatic carbocycles. The van der Waals surface area contributed by atoms with E-state index in [1.807, 2.05) is 0 Å². The zero-order valence-corrected chi connectivity index (χ0v) is 10.0. The molecule has 0 saturated heterocycles. The number of benzene rings is 1.